The van der Waals surface area contributed by atoms with E-state index in [4.69, 9.17) is 0 Å². The molecule has 0 heterocycles. The minimum atomic E-state index is 0.748. The van der Waals surface area contributed by atoms with Crippen LogP contribution in [0.3, 0.4) is 0 Å². The quantitative estimate of drug-likeness (QED) is 0.724. The van der Waals surface area contributed by atoms with Crippen LogP contribution in [0.1, 0.15) is 0 Å². The molecule has 0 saturated heterocycles. The first-order chi connectivity index (χ1) is 4.83. The lowest BCUT2D eigenvalue weighted by molar-refractivity contribution is 0.561. The van der Waals surface area contributed by atoms with E-state index in [0.717, 1.165) is 10.2 Å². The fraction of sp³-hybridized carbons (Fsp3) is 0. The van der Waals surface area contributed by atoms with Crippen molar-refractivity contribution in [2.75, 3.05) is 5.32 Å². The summed E-state index contributed by atoms with van der Waals surface area (Å²) in [5, 5.41) is 2.41. The third-order valence-electron chi connectivity index (χ3n) is 1.04. The molecule has 0 aromatic heterocycles. The minimum absolute atomic E-state index is 0.748. The first-order valence-electron chi connectivity index (χ1n) is 2.71. The van der Waals surface area contributed by atoms with E-state index >= 15 is 0 Å². The molecule has 1 aromatic carbocycles. The van der Waals surface area contributed by atoms with Gasteiger partial charge in [0.1, 0.15) is 0 Å². The third kappa shape index (κ3) is 1.84. The molecule has 0 bridgehead atoms. The third-order valence-corrected chi connectivity index (χ3v) is 1.57. The molecule has 10 heavy (non-hydrogen) atoms. The maximum absolute atomic E-state index is 9.81. The fourth-order valence-electron chi connectivity index (χ4n) is 0.592. The van der Waals surface area contributed by atoms with E-state index < -0.39 is 0 Å². The average Bonchev–Trinajstić information content (AvgIpc) is 1.95. The largest absolute Gasteiger partial charge is 0.318 e. The number of anilines is 1. The molecule has 1 amide bonds. The number of benzene rings is 1. The van der Waals surface area contributed by atoms with Crippen LogP contribution in [0.5, 0.6) is 0 Å². The van der Waals surface area contributed by atoms with Gasteiger partial charge in [-0.2, -0.15) is 0 Å². The summed E-state index contributed by atoms with van der Waals surface area (Å²) >= 11 is 3.27. The fourth-order valence-corrected chi connectivity index (χ4v) is 0.856. The zero-order chi connectivity index (χ0) is 7.40. The Morgan fingerprint density at radius 3 is 2.40 bits per heavy atom. The Labute approximate surface area is 67.4 Å². The van der Waals surface area contributed by atoms with E-state index in [9.17, 15) is 4.79 Å². The molecule has 1 rings (SSSR count). The number of amides is 1. The van der Waals surface area contributed by atoms with Gasteiger partial charge in [0.25, 0.3) is 0 Å². The van der Waals surface area contributed by atoms with Crippen molar-refractivity contribution in [2.24, 2.45) is 0 Å². The van der Waals surface area contributed by atoms with Crippen LogP contribution < -0.4 is 5.32 Å². The van der Waals surface area contributed by atoms with Crippen molar-refractivity contribution in [3.8, 4) is 0 Å². The molecule has 51 valence electrons. The molecule has 0 aliphatic heterocycles. The summed E-state index contributed by atoms with van der Waals surface area (Å²) in [7, 11) is 0. The van der Waals surface area contributed by atoms with Crippen molar-refractivity contribution in [3.63, 3.8) is 0 Å². The predicted molar refractivity (Wildman–Crippen MR) is 43.5 cm³/mol. The molecular weight excluding hydrogens is 194 g/mol. The van der Waals surface area contributed by atoms with Crippen molar-refractivity contribution in [3.05, 3.63) is 28.7 Å². The number of carbonyl (C=O) groups excluding carboxylic acids is 1. The van der Waals surface area contributed by atoms with Gasteiger partial charge < -0.3 is 5.32 Å². The SMILES string of the molecule is O=[C]Nc1ccc(Br)cc1. The monoisotopic (exact) mass is 198 g/mol. The highest BCUT2D eigenvalue weighted by atomic mass is 79.9. The van der Waals surface area contributed by atoms with E-state index in [2.05, 4.69) is 21.2 Å². The van der Waals surface area contributed by atoms with Gasteiger partial charge in [-0.25, -0.2) is 0 Å². The number of hydrogen-bond donors (Lipinski definition) is 1. The Hall–Kier alpha value is -0.830. The summed E-state index contributed by atoms with van der Waals surface area (Å²) in [5.41, 5.74) is 0.748. The van der Waals surface area contributed by atoms with Crippen molar-refractivity contribution in [2.45, 2.75) is 0 Å². The summed E-state index contributed by atoms with van der Waals surface area (Å²) in [5.74, 6) is 0. The highest BCUT2D eigenvalue weighted by Crippen LogP contribution is 2.12. The number of rotatable bonds is 2. The standard InChI is InChI=1S/C7H5BrNO/c8-6-1-3-7(4-2-6)9-5-10/h1-4H,(H,9,10). The smallest absolute Gasteiger partial charge is 0.314 e. The lowest BCUT2D eigenvalue weighted by atomic mass is 10.3. The van der Waals surface area contributed by atoms with Crippen molar-refractivity contribution < 1.29 is 4.79 Å². The Balaban J connectivity index is 2.78. The first kappa shape index (κ1) is 7.28. The molecule has 1 N–H and O–H groups in total. The van der Waals surface area contributed by atoms with Gasteiger partial charge in [-0.15, -0.1) is 0 Å². The van der Waals surface area contributed by atoms with Crippen LogP contribution in [0.15, 0.2) is 28.7 Å². The molecule has 0 fully saturated rings. The molecule has 0 spiro atoms. The first-order valence-corrected chi connectivity index (χ1v) is 3.51. The van der Waals surface area contributed by atoms with Crippen molar-refractivity contribution >= 4 is 28.0 Å². The molecule has 0 saturated carbocycles. The predicted octanol–water partition coefficient (Wildman–Crippen LogP) is 1.93. The molecule has 0 atom stereocenters. The summed E-state index contributed by atoms with van der Waals surface area (Å²) < 4.78 is 0.990. The van der Waals surface area contributed by atoms with Crippen molar-refractivity contribution in [1.82, 2.24) is 0 Å². The Morgan fingerprint density at radius 1 is 1.30 bits per heavy atom. The van der Waals surface area contributed by atoms with Crippen LogP contribution in [-0.2, 0) is 4.79 Å². The van der Waals surface area contributed by atoms with Gasteiger partial charge in [0.15, 0.2) is 0 Å². The molecule has 0 unspecified atom stereocenters. The topological polar surface area (TPSA) is 29.1 Å². The van der Waals surface area contributed by atoms with E-state index in [-0.39, 0.29) is 0 Å². The van der Waals surface area contributed by atoms with Gasteiger partial charge >= 0.3 is 6.41 Å². The molecule has 0 aliphatic rings. The van der Waals surface area contributed by atoms with Crippen LogP contribution in [0.4, 0.5) is 5.69 Å². The molecular formula is C7H5BrNO. The summed E-state index contributed by atoms with van der Waals surface area (Å²) in [6, 6.07) is 7.27. The summed E-state index contributed by atoms with van der Waals surface area (Å²) in [6.07, 6.45) is 1.59. The highest BCUT2D eigenvalue weighted by Gasteiger charge is 1.88. The normalized spacial score (nSPS) is 8.90. The van der Waals surface area contributed by atoms with Gasteiger partial charge in [-0.05, 0) is 24.3 Å². The van der Waals surface area contributed by atoms with E-state index in [1.165, 1.54) is 0 Å². The zero-order valence-corrected chi connectivity index (χ0v) is 6.68. The molecule has 1 aromatic rings. The zero-order valence-electron chi connectivity index (χ0n) is 5.10. The van der Waals surface area contributed by atoms with E-state index in [1.807, 2.05) is 12.1 Å². The maximum Gasteiger partial charge on any atom is 0.314 e. The van der Waals surface area contributed by atoms with Crippen LogP contribution >= 0.6 is 15.9 Å². The lowest BCUT2D eigenvalue weighted by Crippen LogP contribution is -1.91. The van der Waals surface area contributed by atoms with Gasteiger partial charge in [0.2, 0.25) is 0 Å². The second-order valence-electron chi connectivity index (χ2n) is 1.73. The maximum atomic E-state index is 9.81. The second kappa shape index (κ2) is 3.37. The van der Waals surface area contributed by atoms with Crippen LogP contribution in [-0.4, -0.2) is 6.41 Å². The van der Waals surface area contributed by atoms with E-state index in [0.29, 0.717) is 0 Å². The van der Waals surface area contributed by atoms with Gasteiger partial charge in [-0.1, -0.05) is 15.9 Å². The number of nitrogens with one attached hydrogen (secondary N) is 1. The number of hydrogen-bond acceptors (Lipinski definition) is 1. The summed E-state index contributed by atoms with van der Waals surface area (Å²) in [4.78, 5) is 9.81. The highest BCUT2D eigenvalue weighted by molar-refractivity contribution is 9.10. The molecule has 3 heteroatoms. The van der Waals surface area contributed by atoms with Crippen LogP contribution in [0.25, 0.3) is 0 Å². The molecule has 2 nitrogen and oxygen atoms in total. The molecule has 1 radical (unpaired) electrons. The molecule has 0 aliphatic carbocycles. The number of halogens is 1. The van der Waals surface area contributed by atoms with Gasteiger partial charge in [0.05, 0.1) is 0 Å². The Bertz CT molecular complexity index is 220. The average molecular weight is 199 g/mol. The minimum Gasteiger partial charge on any atom is -0.318 e. The van der Waals surface area contributed by atoms with Crippen LogP contribution in [0, 0.1) is 0 Å². The lowest BCUT2D eigenvalue weighted by Gasteiger charge is -1.94. The van der Waals surface area contributed by atoms with Crippen molar-refractivity contribution in [1.29, 1.82) is 0 Å². The Morgan fingerprint density at radius 2 is 1.90 bits per heavy atom. The van der Waals surface area contributed by atoms with E-state index in [1.54, 1.807) is 18.5 Å². The Kier molecular flexibility index (Phi) is 2.45. The van der Waals surface area contributed by atoms with Gasteiger partial charge in [0, 0.05) is 10.2 Å². The second-order valence-corrected chi connectivity index (χ2v) is 2.65. The van der Waals surface area contributed by atoms with Gasteiger partial charge in [-0.3, -0.25) is 4.79 Å². The summed E-state index contributed by atoms with van der Waals surface area (Å²) in [6.45, 7) is 0. The van der Waals surface area contributed by atoms with Crippen LogP contribution in [0.2, 0.25) is 0 Å².